The molecule has 0 bridgehead atoms. The summed E-state index contributed by atoms with van der Waals surface area (Å²) in [4.78, 5) is 0. The van der Waals surface area contributed by atoms with E-state index >= 15 is 0 Å². The largest absolute Gasteiger partial charge is 0.489 e. The normalized spacial score (nSPS) is 12.7. The monoisotopic (exact) mass is 1030 g/mol. The van der Waals surface area contributed by atoms with Crippen LogP contribution in [0.2, 0.25) is 0 Å². The molecule has 348 valence electrons. The van der Waals surface area contributed by atoms with Gasteiger partial charge in [-0.05, 0) is 145 Å². The molecule has 0 spiro atoms. The van der Waals surface area contributed by atoms with E-state index in [0.717, 1.165) is 17.1 Å². The van der Waals surface area contributed by atoms with Gasteiger partial charge >= 0.3 is 7.12 Å². The first-order valence-corrected chi connectivity index (χ1v) is 21.6. The number of nitrogen functional groups attached to an aromatic ring is 4. The van der Waals surface area contributed by atoms with Gasteiger partial charge in [-0.3, -0.25) is 0 Å². The summed E-state index contributed by atoms with van der Waals surface area (Å²) in [6.45, 7) is 32.4. The Balaban J connectivity index is 0.000000417. The van der Waals surface area contributed by atoms with Crippen LogP contribution in [0, 0.1) is 68.6 Å². The van der Waals surface area contributed by atoms with Crippen molar-refractivity contribution >= 4 is 72.9 Å². The second-order valence-corrected chi connectivity index (χ2v) is 18.3. The van der Waals surface area contributed by atoms with Gasteiger partial charge in [0.05, 0.1) is 43.6 Å². The lowest BCUT2D eigenvalue weighted by Crippen LogP contribution is -2.41. The van der Waals surface area contributed by atoms with Crippen molar-refractivity contribution in [2.24, 2.45) is 0 Å². The van der Waals surface area contributed by atoms with Crippen LogP contribution in [0.3, 0.4) is 0 Å². The highest BCUT2D eigenvalue weighted by Crippen LogP contribution is 2.39. The Morgan fingerprint density at radius 2 is 1.11 bits per heavy atom. The predicted molar refractivity (Wildman–Crippen MR) is 266 cm³/mol. The molecule has 0 saturated carbocycles. The Kier molecular flexibility index (Phi) is 21.5. The maximum atomic E-state index is 13.9. The molecule has 4 aromatic rings. The van der Waals surface area contributed by atoms with E-state index in [0.29, 0.717) is 38.1 Å². The van der Waals surface area contributed by atoms with Gasteiger partial charge < -0.3 is 32.2 Å². The summed E-state index contributed by atoms with van der Waals surface area (Å²) in [5.41, 5.74) is 27.6. The third-order valence-electron chi connectivity index (χ3n) is 10.1. The number of rotatable bonds is 5. The second-order valence-electron chi connectivity index (χ2n) is 16.7. The van der Waals surface area contributed by atoms with Gasteiger partial charge in [-0.15, -0.1) is 6.58 Å². The van der Waals surface area contributed by atoms with Gasteiger partial charge in [0, 0.05) is 38.2 Å². The molecule has 1 heterocycles. The Hall–Kier alpha value is -6.08. The molecule has 1 fully saturated rings. The third kappa shape index (κ3) is 14.5. The van der Waals surface area contributed by atoms with E-state index in [1.807, 2.05) is 68.4 Å². The molecule has 17 heteroatoms. The van der Waals surface area contributed by atoms with E-state index < -0.39 is 23.3 Å². The van der Waals surface area contributed by atoms with Crippen LogP contribution in [0.5, 0.6) is 0 Å². The zero-order chi connectivity index (χ0) is 51.3. The van der Waals surface area contributed by atoms with Gasteiger partial charge in [-0.1, -0.05) is 46.3 Å². The summed E-state index contributed by atoms with van der Waals surface area (Å²) in [5, 5.41) is 34.5. The van der Waals surface area contributed by atoms with E-state index in [1.54, 1.807) is 38.1 Å². The highest BCUT2D eigenvalue weighted by Gasteiger charge is 2.51. The van der Waals surface area contributed by atoms with Crippen LogP contribution in [0.1, 0.15) is 133 Å². The second kappa shape index (κ2) is 24.4. The fraction of sp³-hybridized carbons (Fsp3) is 0.306. The summed E-state index contributed by atoms with van der Waals surface area (Å²) < 4.78 is 65.4. The van der Waals surface area contributed by atoms with Gasteiger partial charge in [0.1, 0.15) is 35.9 Å². The highest BCUT2D eigenvalue weighted by molar-refractivity contribution is 9.11. The summed E-state index contributed by atoms with van der Waals surface area (Å²) in [5.74, 6) is -2.12. The number of nitriles is 4. The van der Waals surface area contributed by atoms with Crippen molar-refractivity contribution in [3.63, 3.8) is 0 Å². The van der Waals surface area contributed by atoms with Crippen molar-refractivity contribution < 1.29 is 26.9 Å². The summed E-state index contributed by atoms with van der Waals surface area (Å²) in [6, 6.07) is 15.4. The zero-order valence-electron chi connectivity index (χ0n) is 39.0. The molecule has 4 aromatic carbocycles. The van der Waals surface area contributed by atoms with Crippen molar-refractivity contribution in [1.82, 2.24) is 0 Å². The molecule has 66 heavy (non-hydrogen) atoms. The average molecular weight is 1030 g/mol. The molecule has 0 aromatic heterocycles. The smallest absolute Gasteiger partial charge is 0.400 e. The first-order chi connectivity index (χ1) is 30.4. The Labute approximate surface area is 403 Å². The molecule has 10 nitrogen and oxygen atoms in total. The quantitative estimate of drug-likeness (QED) is 0.0641. The molecule has 0 unspecified atom stereocenters. The number of hydrogen-bond acceptors (Lipinski definition) is 10. The number of halogens is 6. The van der Waals surface area contributed by atoms with Crippen molar-refractivity contribution in [2.45, 2.75) is 99.2 Å². The molecule has 1 aliphatic heterocycles. The Morgan fingerprint density at radius 1 is 0.636 bits per heavy atom. The molecule has 1 saturated heterocycles. The first-order valence-electron chi connectivity index (χ1n) is 20.0. The minimum Gasteiger partial charge on any atom is -0.400 e. The van der Waals surface area contributed by atoms with E-state index in [4.69, 9.17) is 53.3 Å². The van der Waals surface area contributed by atoms with Crippen LogP contribution in [-0.2, 0) is 9.31 Å². The number of nitrogens with two attached hydrogens (primary N) is 4. The summed E-state index contributed by atoms with van der Waals surface area (Å²) >= 11 is 6.04. The van der Waals surface area contributed by atoms with Crippen LogP contribution in [0.4, 0.5) is 40.3 Å². The predicted octanol–water partition coefficient (Wildman–Crippen LogP) is 13.2. The molecule has 8 N–H and O–H groups in total. The van der Waals surface area contributed by atoms with Crippen LogP contribution in [0.15, 0.2) is 70.6 Å². The van der Waals surface area contributed by atoms with Crippen LogP contribution in [0.25, 0.3) is 11.1 Å². The number of allylic oxidation sites excluding steroid dienone is 3. The number of nitrogens with zero attached hydrogens (tertiary/aromatic N) is 4. The van der Waals surface area contributed by atoms with E-state index in [9.17, 15) is 17.6 Å². The summed E-state index contributed by atoms with van der Waals surface area (Å²) in [7, 11) is -0.241. The Bertz CT molecular complexity index is 2660. The number of anilines is 4. The topological polar surface area (TPSA) is 218 Å². The minimum absolute atomic E-state index is 0.0224. The van der Waals surface area contributed by atoms with Crippen LogP contribution < -0.4 is 22.9 Å². The lowest BCUT2D eigenvalue weighted by Gasteiger charge is -2.32. The molecule has 5 rings (SSSR count). The van der Waals surface area contributed by atoms with Crippen LogP contribution in [-0.4, -0.2) is 18.3 Å². The number of benzene rings is 4. The maximum absolute atomic E-state index is 13.9. The maximum Gasteiger partial charge on any atom is 0.489 e. The zero-order valence-corrected chi connectivity index (χ0v) is 42.2. The standard InChI is InChI=1S/C13H17FN2.C13H13FN2.C9H17BO2.C7H3Br2FN2.C7H5FN2/c2*1-7(2)10-5-9(6-15)12(14)11(8(3)4)13(10)16;1-7(2)10-11-8(3,4)9(5,6)12-10;8-4-1-3(2-11)6(10)5(9)7(4)12;8-7-3-6(10)2-1-5(7)4-9/h5,7-8H,16H2,1-4H3;5H,1,3,16H2,2,4H3;1H2,2-6H3;1H,12H2;1-3H,10H2. The highest BCUT2D eigenvalue weighted by atomic mass is 79.9. The van der Waals surface area contributed by atoms with E-state index in [1.165, 1.54) is 24.3 Å². The molecule has 0 amide bonds. The van der Waals surface area contributed by atoms with Gasteiger partial charge in [0.15, 0.2) is 11.6 Å². The fourth-order valence-corrected chi connectivity index (χ4v) is 6.84. The van der Waals surface area contributed by atoms with E-state index in [2.05, 4.69) is 51.6 Å². The lowest BCUT2D eigenvalue weighted by atomic mass is 9.81. The molecule has 1 aliphatic rings. The lowest BCUT2D eigenvalue weighted by molar-refractivity contribution is 0.00578. The Morgan fingerprint density at radius 3 is 1.48 bits per heavy atom. The van der Waals surface area contributed by atoms with E-state index in [-0.39, 0.29) is 73.8 Å². The van der Waals surface area contributed by atoms with Crippen molar-refractivity contribution in [3.05, 3.63) is 138 Å². The van der Waals surface area contributed by atoms with Crippen molar-refractivity contribution in [3.8, 4) is 24.3 Å². The van der Waals surface area contributed by atoms with Crippen molar-refractivity contribution in [2.75, 3.05) is 22.9 Å². The van der Waals surface area contributed by atoms with Gasteiger partial charge in [-0.25, -0.2) is 17.6 Å². The molecular formula is C49H55BBr2F4N8O2. The van der Waals surface area contributed by atoms with Gasteiger partial charge in [-0.2, -0.15) is 21.0 Å². The summed E-state index contributed by atoms with van der Waals surface area (Å²) in [6.07, 6.45) is 0. The SMILES string of the molecule is C=C(C)B1OC(C)(C)C(C)(C)O1.C=C(C)c1cc(C#N)c(F)c(C(=C)C)c1N.CC(C)c1cc(C#N)c(F)c(C(C)C)c1N.N#Cc1cc(Br)c(N)c(Br)c1F.N#Cc1ccc(N)cc1F. The molecule has 0 radical (unpaired) electrons. The fourth-order valence-electron chi connectivity index (χ4n) is 5.72. The van der Waals surface area contributed by atoms with Gasteiger partial charge in [0.2, 0.25) is 0 Å². The minimum atomic E-state index is -0.627. The molecule has 0 atom stereocenters. The first kappa shape index (κ1) is 57.9. The molecular weight excluding hydrogens is 979 g/mol. The van der Waals surface area contributed by atoms with Gasteiger partial charge in [0.25, 0.3) is 0 Å². The molecule has 0 aliphatic carbocycles. The third-order valence-corrected chi connectivity index (χ3v) is 11.5. The number of hydrogen-bond donors (Lipinski definition) is 4. The average Bonchev–Trinajstić information content (AvgIpc) is 3.45. The van der Waals surface area contributed by atoms with Crippen molar-refractivity contribution in [1.29, 1.82) is 21.0 Å². The van der Waals surface area contributed by atoms with Crippen LogP contribution >= 0.6 is 31.9 Å².